The Morgan fingerprint density at radius 1 is 1.09 bits per heavy atom. The fourth-order valence-electron chi connectivity index (χ4n) is 3.18. The highest BCUT2D eigenvalue weighted by molar-refractivity contribution is 8.15. The molecule has 1 N–H and O–H groups in total. The lowest BCUT2D eigenvalue weighted by Gasteiger charge is -2.23. The van der Waals surface area contributed by atoms with Crippen molar-refractivity contribution in [3.05, 3.63) is 65.2 Å². The number of rotatable bonds is 11. The first-order chi connectivity index (χ1) is 15.4. The van der Waals surface area contributed by atoms with Crippen LogP contribution in [0.1, 0.15) is 29.2 Å². The van der Waals surface area contributed by atoms with Gasteiger partial charge in [-0.1, -0.05) is 48.2 Å². The van der Waals surface area contributed by atoms with Crippen LogP contribution in [0.2, 0.25) is 0 Å². The van der Waals surface area contributed by atoms with Crippen LogP contribution in [-0.4, -0.2) is 42.1 Å². The van der Waals surface area contributed by atoms with Gasteiger partial charge in [0.25, 0.3) is 0 Å². The first kappa shape index (κ1) is 24.6. The summed E-state index contributed by atoms with van der Waals surface area (Å²) in [4.78, 5) is 23.3. The number of ether oxygens (including phenoxy) is 1. The van der Waals surface area contributed by atoms with Crippen LogP contribution in [0.15, 0.2) is 48.5 Å². The van der Waals surface area contributed by atoms with E-state index < -0.39 is 13.9 Å². The molecule has 3 rings (SSSR count). The molecule has 1 heterocycles. The quantitative estimate of drug-likeness (QED) is 0.379. The maximum Gasteiger partial charge on any atom is 0.474 e. The Morgan fingerprint density at radius 2 is 1.81 bits per heavy atom. The molecule has 2 aromatic carbocycles. The molecule has 172 valence electrons. The maximum absolute atomic E-state index is 12.5. The van der Waals surface area contributed by atoms with E-state index in [0.717, 1.165) is 17.3 Å². The Bertz CT molecular complexity index is 986. The van der Waals surface area contributed by atoms with Gasteiger partial charge in [0.15, 0.2) is 10.9 Å². The van der Waals surface area contributed by atoms with Gasteiger partial charge in [-0.15, -0.1) is 0 Å². The number of thioether (sulfide) groups is 1. The minimum atomic E-state index is -3.79. The van der Waals surface area contributed by atoms with Gasteiger partial charge in [-0.25, -0.2) is 4.57 Å². The molecule has 1 aliphatic heterocycles. The molecule has 8 nitrogen and oxygen atoms in total. The zero-order chi connectivity index (χ0) is 23.1. The summed E-state index contributed by atoms with van der Waals surface area (Å²) in [5.41, 5.74) is 2.23. The third-order valence-electron chi connectivity index (χ3n) is 4.91. The van der Waals surface area contributed by atoms with Gasteiger partial charge >= 0.3 is 7.82 Å². The highest BCUT2D eigenvalue weighted by atomic mass is 32.2. The Labute approximate surface area is 190 Å². The van der Waals surface area contributed by atoms with Gasteiger partial charge in [0.2, 0.25) is 0 Å². The normalized spacial score (nSPS) is 17.5. The summed E-state index contributed by atoms with van der Waals surface area (Å²) in [7, 11) is -1.33. The zero-order valence-electron chi connectivity index (χ0n) is 17.8. The summed E-state index contributed by atoms with van der Waals surface area (Å²) in [6, 6.07) is 14.2. The number of aliphatic hydroxyl groups is 1. The summed E-state index contributed by atoms with van der Waals surface area (Å²) in [6.07, 6.45) is -0.298. The average Bonchev–Trinajstić information content (AvgIpc) is 3.13. The molecule has 0 aliphatic carbocycles. The van der Waals surface area contributed by atoms with E-state index in [-0.39, 0.29) is 35.8 Å². The van der Waals surface area contributed by atoms with Crippen LogP contribution >= 0.6 is 19.6 Å². The number of carbonyl (C=O) groups excluding carboxylic acids is 2. The van der Waals surface area contributed by atoms with Gasteiger partial charge in [0.1, 0.15) is 18.5 Å². The SMILES string of the molecule is COP(=O)(OC)OC(COc1ccc(CC2SC(=O)CC2=O)cc1)c1cccc(CO)c1. The fourth-order valence-corrected chi connectivity index (χ4v) is 5.03. The third-order valence-corrected chi connectivity index (χ3v) is 7.43. The van der Waals surface area contributed by atoms with Gasteiger partial charge in [-0.05, 0) is 35.2 Å². The lowest BCUT2D eigenvalue weighted by molar-refractivity contribution is -0.121. The summed E-state index contributed by atoms with van der Waals surface area (Å²) in [5.74, 6) is 0.512. The number of aliphatic hydroxyl groups excluding tert-OH is 1. The number of Topliss-reactive ketones (excluding diaryl/α,β-unsaturated/α-hetero) is 1. The summed E-state index contributed by atoms with van der Waals surface area (Å²) >= 11 is 1.09. The van der Waals surface area contributed by atoms with E-state index in [1.165, 1.54) is 14.2 Å². The average molecular weight is 480 g/mol. The van der Waals surface area contributed by atoms with Crippen LogP contribution in [0, 0.1) is 0 Å². The fraction of sp³-hybridized carbons (Fsp3) is 0.364. The molecule has 1 aliphatic rings. The van der Waals surface area contributed by atoms with Gasteiger partial charge < -0.3 is 9.84 Å². The van der Waals surface area contributed by atoms with Crippen LogP contribution in [0.4, 0.5) is 0 Å². The number of phosphoric ester groups is 1. The van der Waals surface area contributed by atoms with Crippen molar-refractivity contribution in [1.82, 2.24) is 0 Å². The van der Waals surface area contributed by atoms with Crippen LogP contribution in [0.3, 0.4) is 0 Å². The predicted molar refractivity (Wildman–Crippen MR) is 119 cm³/mol. The molecule has 0 saturated carbocycles. The molecule has 0 radical (unpaired) electrons. The number of carbonyl (C=O) groups is 2. The molecule has 0 spiro atoms. The molecule has 2 aromatic rings. The Morgan fingerprint density at radius 3 is 2.41 bits per heavy atom. The van der Waals surface area contributed by atoms with Crippen LogP contribution in [0.5, 0.6) is 5.75 Å². The van der Waals surface area contributed by atoms with E-state index in [2.05, 4.69) is 0 Å². The van der Waals surface area contributed by atoms with Crippen LogP contribution < -0.4 is 4.74 Å². The number of hydrogen-bond donors (Lipinski definition) is 1. The third kappa shape index (κ3) is 6.51. The standard InChI is InChI=1S/C22H25O8PS/c1-27-31(26,28-2)30-20(17-5-3-4-16(10-17)13-23)14-29-18-8-6-15(7-9-18)11-21-19(24)12-22(25)32-21/h3-10,20-21,23H,11-14H2,1-2H3. The molecule has 0 bridgehead atoms. The van der Waals surface area contributed by atoms with Crippen molar-refractivity contribution in [3.63, 3.8) is 0 Å². The number of ketones is 1. The topological polar surface area (TPSA) is 108 Å². The van der Waals surface area contributed by atoms with Crippen LogP contribution in [0.25, 0.3) is 0 Å². The molecule has 0 amide bonds. The Kier molecular flexibility index (Phi) is 8.64. The van der Waals surface area contributed by atoms with Crippen molar-refractivity contribution in [2.45, 2.75) is 30.8 Å². The zero-order valence-corrected chi connectivity index (χ0v) is 19.5. The van der Waals surface area contributed by atoms with Crippen LogP contribution in [-0.2, 0) is 40.8 Å². The summed E-state index contributed by atoms with van der Waals surface area (Å²) < 4.78 is 33.8. The van der Waals surface area contributed by atoms with E-state index in [0.29, 0.717) is 23.3 Å². The van der Waals surface area contributed by atoms with E-state index in [1.807, 2.05) is 12.1 Å². The summed E-state index contributed by atoms with van der Waals surface area (Å²) in [6.45, 7) is -0.140. The largest absolute Gasteiger partial charge is 0.491 e. The van der Waals surface area contributed by atoms with Crippen molar-refractivity contribution in [2.24, 2.45) is 0 Å². The minimum Gasteiger partial charge on any atom is -0.491 e. The minimum absolute atomic E-state index is 0.00219. The maximum atomic E-state index is 12.5. The lowest BCUT2D eigenvalue weighted by Crippen LogP contribution is -2.15. The number of benzene rings is 2. The smallest absolute Gasteiger partial charge is 0.474 e. The van der Waals surface area contributed by atoms with E-state index >= 15 is 0 Å². The monoisotopic (exact) mass is 480 g/mol. The summed E-state index contributed by atoms with van der Waals surface area (Å²) in [5, 5.41) is 9.00. The van der Waals surface area contributed by atoms with Gasteiger partial charge in [0, 0.05) is 14.2 Å². The van der Waals surface area contributed by atoms with Gasteiger partial charge in [-0.2, -0.15) is 0 Å². The van der Waals surface area contributed by atoms with Crippen molar-refractivity contribution in [2.75, 3.05) is 20.8 Å². The first-order valence-electron chi connectivity index (χ1n) is 9.89. The molecule has 2 atom stereocenters. The molecule has 2 unspecified atom stereocenters. The molecule has 0 aromatic heterocycles. The molecule has 32 heavy (non-hydrogen) atoms. The molecule has 1 fully saturated rings. The van der Waals surface area contributed by atoms with Gasteiger partial charge in [-0.3, -0.25) is 23.2 Å². The van der Waals surface area contributed by atoms with E-state index in [4.69, 9.17) is 18.3 Å². The molecule has 1 saturated heterocycles. The van der Waals surface area contributed by atoms with E-state index in [1.54, 1.807) is 36.4 Å². The highest BCUT2D eigenvalue weighted by Gasteiger charge is 2.32. The second-order valence-electron chi connectivity index (χ2n) is 7.09. The number of phosphoric acid groups is 1. The van der Waals surface area contributed by atoms with Gasteiger partial charge in [0.05, 0.1) is 18.3 Å². The Balaban J connectivity index is 1.69. The molecular weight excluding hydrogens is 455 g/mol. The lowest BCUT2D eigenvalue weighted by atomic mass is 10.1. The van der Waals surface area contributed by atoms with E-state index in [9.17, 15) is 19.3 Å². The predicted octanol–water partition coefficient (Wildman–Crippen LogP) is 3.86. The molecule has 10 heteroatoms. The number of hydrogen-bond acceptors (Lipinski definition) is 9. The molecular formula is C22H25O8PS. The Hall–Kier alpha value is -2.00. The van der Waals surface area contributed by atoms with Crippen molar-refractivity contribution >= 4 is 30.5 Å². The highest BCUT2D eigenvalue weighted by Crippen LogP contribution is 2.51. The first-order valence-corrected chi connectivity index (χ1v) is 12.2. The second-order valence-corrected chi connectivity index (χ2v) is 10.2. The second kappa shape index (κ2) is 11.2. The van der Waals surface area contributed by atoms with Crippen molar-refractivity contribution < 1.29 is 37.6 Å². The van der Waals surface area contributed by atoms with Crippen molar-refractivity contribution in [3.8, 4) is 5.75 Å². The van der Waals surface area contributed by atoms with Crippen molar-refractivity contribution in [1.29, 1.82) is 0 Å².